The highest BCUT2D eigenvalue weighted by Gasteiger charge is 2.30. The van der Waals surface area contributed by atoms with Gasteiger partial charge in [0.25, 0.3) is 12.4 Å². The van der Waals surface area contributed by atoms with Gasteiger partial charge in [0.2, 0.25) is 0 Å². The molecule has 33 heavy (non-hydrogen) atoms. The van der Waals surface area contributed by atoms with E-state index in [0.29, 0.717) is 30.6 Å². The van der Waals surface area contributed by atoms with E-state index in [0.717, 1.165) is 6.07 Å². The largest absolute Gasteiger partial charge is 0.508 e. The first-order valence-corrected chi connectivity index (χ1v) is 9.97. The predicted octanol–water partition coefficient (Wildman–Crippen LogP) is 1.04. The molecular weight excluding hydrogens is 433 g/mol. The molecule has 1 unspecified atom stereocenters. The maximum Gasteiger partial charge on any atom is 0.294 e. The van der Waals surface area contributed by atoms with E-state index in [1.807, 2.05) is 11.0 Å². The molecule has 0 radical (unpaired) electrons. The van der Waals surface area contributed by atoms with Crippen molar-refractivity contribution in [1.82, 2.24) is 30.5 Å². The summed E-state index contributed by atoms with van der Waals surface area (Å²) >= 11 is 0. The lowest BCUT2D eigenvalue weighted by atomic mass is 9.97. The Morgan fingerprint density at radius 1 is 1.45 bits per heavy atom. The third-order valence-corrected chi connectivity index (χ3v) is 5.49. The van der Waals surface area contributed by atoms with Crippen LogP contribution in [-0.4, -0.2) is 75.5 Å². The molecule has 0 bridgehead atoms. The van der Waals surface area contributed by atoms with E-state index >= 15 is 0 Å². The Hall–Kier alpha value is -4.08. The minimum atomic E-state index is -0.801. The summed E-state index contributed by atoms with van der Waals surface area (Å²) < 4.78 is 19.7. The smallest absolute Gasteiger partial charge is 0.294 e. The van der Waals surface area contributed by atoms with E-state index in [1.165, 1.54) is 12.1 Å². The standard InChI is InChI=1S/C21H20FN7O4/c1-11-17-18(21(32)27-29-6-5-28(2)16(9-29)33-10-30)14(8-23)19(24-20(17)26-25-11)13-4-3-12(31)7-15(13)22/h3-4,7,10,16,31H,5-6,9H2,1-2H3,(H,27,32)(H,24,25,26). The maximum atomic E-state index is 14.6. The summed E-state index contributed by atoms with van der Waals surface area (Å²) in [5, 5.41) is 28.2. The second-order valence-electron chi connectivity index (χ2n) is 7.59. The van der Waals surface area contributed by atoms with Crippen LogP contribution in [0.3, 0.4) is 0 Å². The Morgan fingerprint density at radius 3 is 2.94 bits per heavy atom. The average Bonchev–Trinajstić information content (AvgIpc) is 3.15. The second kappa shape index (κ2) is 8.81. The number of ether oxygens (including phenoxy) is 1. The average molecular weight is 453 g/mol. The summed E-state index contributed by atoms with van der Waals surface area (Å²) in [4.78, 5) is 30.3. The molecule has 3 heterocycles. The zero-order valence-corrected chi connectivity index (χ0v) is 17.8. The Bertz CT molecular complexity index is 1290. The van der Waals surface area contributed by atoms with Crippen molar-refractivity contribution in [2.45, 2.75) is 13.2 Å². The van der Waals surface area contributed by atoms with Crippen LogP contribution in [0.5, 0.6) is 5.75 Å². The number of rotatable bonds is 5. The molecule has 1 aliphatic heterocycles. The number of pyridine rings is 1. The Kier molecular flexibility index (Phi) is 5.91. The molecule has 1 amide bonds. The number of piperazine rings is 1. The highest BCUT2D eigenvalue weighted by molar-refractivity contribution is 6.10. The number of benzene rings is 1. The lowest BCUT2D eigenvalue weighted by Gasteiger charge is -2.37. The number of H-pyrrole nitrogens is 1. The highest BCUT2D eigenvalue weighted by Crippen LogP contribution is 2.33. The summed E-state index contributed by atoms with van der Waals surface area (Å²) in [5.41, 5.74) is 3.13. The number of nitriles is 1. The van der Waals surface area contributed by atoms with Crippen molar-refractivity contribution < 1.29 is 23.8 Å². The summed E-state index contributed by atoms with van der Waals surface area (Å²) in [5.74, 6) is -1.70. The third kappa shape index (κ3) is 4.07. The van der Waals surface area contributed by atoms with Gasteiger partial charge in [0, 0.05) is 30.4 Å². The number of phenols is 1. The number of amides is 1. The molecule has 11 nitrogen and oxygen atoms in total. The summed E-state index contributed by atoms with van der Waals surface area (Å²) in [6.45, 7) is 3.20. The quantitative estimate of drug-likeness (QED) is 0.482. The van der Waals surface area contributed by atoms with Gasteiger partial charge in [-0.3, -0.25) is 25.0 Å². The Morgan fingerprint density at radius 2 is 2.24 bits per heavy atom. The number of phenolic OH excluding ortho intramolecular Hbond substituents is 1. The molecule has 12 heteroatoms. The number of hydrogen-bond donors (Lipinski definition) is 3. The van der Waals surface area contributed by atoms with E-state index in [2.05, 4.69) is 20.6 Å². The number of aromatic amines is 1. The molecule has 1 saturated heterocycles. The van der Waals surface area contributed by atoms with Crippen LogP contribution >= 0.6 is 0 Å². The molecule has 0 aliphatic carbocycles. The molecule has 3 aromatic rings. The van der Waals surface area contributed by atoms with Crippen LogP contribution in [0.25, 0.3) is 22.3 Å². The van der Waals surface area contributed by atoms with Gasteiger partial charge in [-0.25, -0.2) is 14.4 Å². The molecular formula is C21H20FN7O4. The van der Waals surface area contributed by atoms with Gasteiger partial charge in [-0.05, 0) is 26.1 Å². The minimum Gasteiger partial charge on any atom is -0.508 e. The first-order valence-electron chi connectivity index (χ1n) is 9.97. The summed E-state index contributed by atoms with van der Waals surface area (Å²) in [7, 11) is 1.79. The van der Waals surface area contributed by atoms with E-state index in [1.54, 1.807) is 19.0 Å². The van der Waals surface area contributed by atoms with Crippen LogP contribution in [0.2, 0.25) is 0 Å². The van der Waals surface area contributed by atoms with Crippen molar-refractivity contribution in [2.24, 2.45) is 0 Å². The number of aromatic nitrogens is 3. The molecule has 0 spiro atoms. The molecule has 0 saturated carbocycles. The second-order valence-corrected chi connectivity index (χ2v) is 7.59. The molecule has 1 fully saturated rings. The van der Waals surface area contributed by atoms with Gasteiger partial charge in [0.05, 0.1) is 28.8 Å². The van der Waals surface area contributed by atoms with Crippen molar-refractivity contribution >= 4 is 23.4 Å². The Balaban J connectivity index is 1.79. The topological polar surface area (TPSA) is 147 Å². The van der Waals surface area contributed by atoms with Gasteiger partial charge in [-0.15, -0.1) is 0 Å². The summed E-state index contributed by atoms with van der Waals surface area (Å²) in [6.07, 6.45) is -0.554. The third-order valence-electron chi connectivity index (χ3n) is 5.49. The van der Waals surface area contributed by atoms with Gasteiger partial charge in [-0.2, -0.15) is 10.4 Å². The van der Waals surface area contributed by atoms with Crippen LogP contribution in [0.4, 0.5) is 4.39 Å². The lowest BCUT2D eigenvalue weighted by molar-refractivity contribution is -0.149. The van der Waals surface area contributed by atoms with Crippen LogP contribution < -0.4 is 5.43 Å². The zero-order chi connectivity index (χ0) is 23.7. The molecule has 1 atom stereocenters. The number of halogens is 1. The van der Waals surface area contributed by atoms with Gasteiger partial charge in [0.15, 0.2) is 11.9 Å². The number of hydrazine groups is 1. The van der Waals surface area contributed by atoms with E-state index in [9.17, 15) is 24.3 Å². The van der Waals surface area contributed by atoms with Crippen LogP contribution in [0.15, 0.2) is 18.2 Å². The first-order chi connectivity index (χ1) is 15.8. The molecule has 1 aliphatic rings. The van der Waals surface area contributed by atoms with Crippen LogP contribution in [0, 0.1) is 24.1 Å². The number of hydrogen-bond acceptors (Lipinski definition) is 9. The summed E-state index contributed by atoms with van der Waals surface area (Å²) in [6, 6.07) is 5.42. The van der Waals surface area contributed by atoms with Crippen LogP contribution in [0.1, 0.15) is 21.6 Å². The van der Waals surface area contributed by atoms with Crippen molar-refractivity contribution in [1.29, 1.82) is 5.26 Å². The van der Waals surface area contributed by atoms with Crippen molar-refractivity contribution in [3.8, 4) is 23.1 Å². The molecule has 170 valence electrons. The van der Waals surface area contributed by atoms with Crippen molar-refractivity contribution in [3.05, 3.63) is 40.8 Å². The monoisotopic (exact) mass is 453 g/mol. The van der Waals surface area contributed by atoms with Gasteiger partial charge >= 0.3 is 0 Å². The fourth-order valence-corrected chi connectivity index (χ4v) is 3.78. The number of aromatic hydroxyl groups is 1. The number of likely N-dealkylation sites (N-methyl/N-ethyl adjacent to an activating group) is 1. The normalized spacial score (nSPS) is 17.0. The van der Waals surface area contributed by atoms with E-state index < -0.39 is 18.0 Å². The molecule has 4 rings (SSSR count). The Labute approximate surface area is 187 Å². The molecule has 2 aromatic heterocycles. The van der Waals surface area contributed by atoms with Crippen molar-refractivity contribution in [3.63, 3.8) is 0 Å². The van der Waals surface area contributed by atoms with Gasteiger partial charge in [-0.1, -0.05) is 0 Å². The number of carbonyl (C=O) groups is 2. The van der Waals surface area contributed by atoms with Gasteiger partial charge in [0.1, 0.15) is 17.6 Å². The minimum absolute atomic E-state index is 0.0111. The lowest BCUT2D eigenvalue weighted by Crippen LogP contribution is -2.57. The number of nitrogens with zero attached hydrogens (tertiary/aromatic N) is 5. The van der Waals surface area contributed by atoms with Crippen LogP contribution in [-0.2, 0) is 9.53 Å². The van der Waals surface area contributed by atoms with E-state index in [4.69, 9.17) is 4.74 Å². The zero-order valence-electron chi connectivity index (χ0n) is 17.8. The fourth-order valence-electron chi connectivity index (χ4n) is 3.78. The first kappa shape index (κ1) is 22.1. The number of carbonyl (C=O) groups excluding carboxylic acids is 2. The van der Waals surface area contributed by atoms with Crippen molar-refractivity contribution in [2.75, 3.05) is 26.7 Å². The molecule has 1 aromatic carbocycles. The SMILES string of the molecule is Cc1[nH]nc2nc(-c3ccc(O)cc3F)c(C#N)c(C(=O)NN3CCN(C)C(OC=O)C3)c12. The van der Waals surface area contributed by atoms with Gasteiger partial charge < -0.3 is 9.84 Å². The number of aryl methyl sites for hydroxylation is 1. The maximum absolute atomic E-state index is 14.6. The highest BCUT2D eigenvalue weighted by atomic mass is 19.1. The number of fused-ring (bicyclic) bond motifs is 1. The fraction of sp³-hybridized carbons (Fsp3) is 0.286. The number of nitrogens with one attached hydrogen (secondary N) is 2. The predicted molar refractivity (Wildman–Crippen MR) is 113 cm³/mol. The van der Waals surface area contributed by atoms with E-state index in [-0.39, 0.29) is 40.3 Å². The molecule has 3 N–H and O–H groups in total.